The number of imide groups is 2. The smallest absolute Gasteiger partial charge is 0.261 e. The molecule has 0 saturated carbocycles. The van der Waals surface area contributed by atoms with E-state index in [1.165, 1.54) is 85.2 Å². The third-order valence-electron chi connectivity index (χ3n) is 15.3. The lowest BCUT2D eigenvalue weighted by molar-refractivity contribution is 0.0635. The molecule has 14 aromatic carbocycles. The van der Waals surface area contributed by atoms with Gasteiger partial charge in [0.05, 0.1) is 0 Å². The first-order valence-electron chi connectivity index (χ1n) is 21.0. The lowest BCUT2D eigenvalue weighted by Gasteiger charge is -2.26. The van der Waals surface area contributed by atoms with Crippen molar-refractivity contribution in [1.82, 2.24) is 9.80 Å². The Labute approximate surface area is 349 Å². The molecule has 0 spiro atoms. The number of hydrogen-bond acceptors (Lipinski definition) is 4. The minimum atomic E-state index is -0.265. The first kappa shape index (κ1) is 31.7. The number of hydrogen-bond donors (Lipinski definition) is 0. The summed E-state index contributed by atoms with van der Waals surface area (Å²) in [5.41, 5.74) is 2.28. The van der Waals surface area contributed by atoms with Gasteiger partial charge in [-0.2, -0.15) is 0 Å². The van der Waals surface area contributed by atoms with Gasteiger partial charge < -0.3 is 0 Å². The van der Waals surface area contributed by atoms with E-state index in [0.717, 1.165) is 64.6 Å². The van der Waals surface area contributed by atoms with Gasteiger partial charge in [-0.15, -0.1) is 0 Å². The highest BCUT2D eigenvalue weighted by molar-refractivity contribution is 6.49. The number of carbonyl (C=O) groups is 4. The van der Waals surface area contributed by atoms with Crippen LogP contribution in [0.5, 0.6) is 0 Å². The van der Waals surface area contributed by atoms with Crippen molar-refractivity contribution in [3.63, 3.8) is 0 Å². The van der Waals surface area contributed by atoms with Crippen molar-refractivity contribution in [1.29, 1.82) is 0 Å². The minimum absolute atomic E-state index is 0.265. The highest BCUT2D eigenvalue weighted by Crippen LogP contribution is 2.53. The lowest BCUT2D eigenvalue weighted by Crippen LogP contribution is -2.36. The fraction of sp³-hybridized carbons (Fsp3) is 0.0357. The van der Waals surface area contributed by atoms with Gasteiger partial charge in [0.1, 0.15) is 0 Å². The zero-order valence-electron chi connectivity index (χ0n) is 33.1. The topological polar surface area (TPSA) is 74.8 Å². The summed E-state index contributed by atoms with van der Waals surface area (Å²) in [5.74, 6) is -1.06. The van der Waals surface area contributed by atoms with E-state index in [2.05, 4.69) is 97.1 Å². The van der Waals surface area contributed by atoms with E-state index >= 15 is 0 Å². The van der Waals surface area contributed by atoms with Crippen LogP contribution in [0.25, 0.3) is 140 Å². The largest absolute Gasteiger partial charge is 0.277 e. The minimum Gasteiger partial charge on any atom is -0.277 e. The normalized spacial score (nSPS) is 15.0. The molecule has 16 rings (SSSR count). The van der Waals surface area contributed by atoms with Crippen LogP contribution >= 0.6 is 0 Å². The van der Waals surface area contributed by atoms with E-state index in [-0.39, 0.29) is 23.6 Å². The molecule has 0 aromatic heterocycles. The summed E-state index contributed by atoms with van der Waals surface area (Å²) in [6, 6.07) is 43.2. The molecule has 2 aliphatic rings. The van der Waals surface area contributed by atoms with Gasteiger partial charge in [0.15, 0.2) is 0 Å². The molecule has 2 aliphatic heterocycles. The van der Waals surface area contributed by atoms with Crippen LogP contribution in [0.15, 0.2) is 121 Å². The van der Waals surface area contributed by atoms with Crippen molar-refractivity contribution in [3.8, 4) is 0 Å². The predicted octanol–water partition coefficient (Wildman–Crippen LogP) is 12.9. The molecule has 0 bridgehead atoms. The average Bonchev–Trinajstić information content (AvgIpc) is 3.31. The Morgan fingerprint density at radius 2 is 0.339 bits per heavy atom. The molecule has 0 saturated heterocycles. The molecule has 0 radical (unpaired) electrons. The molecule has 14 aromatic rings. The fourth-order valence-corrected chi connectivity index (χ4v) is 12.7. The molecule has 0 aliphatic carbocycles. The zero-order chi connectivity index (χ0) is 40.9. The number of nitrogens with zero attached hydrogens (tertiary/aromatic N) is 2. The monoisotopic (exact) mass is 790 g/mol. The second-order valence-electron chi connectivity index (χ2n) is 17.7. The fourth-order valence-electron chi connectivity index (χ4n) is 12.7. The van der Waals surface area contributed by atoms with Gasteiger partial charge in [0.25, 0.3) is 23.6 Å². The third kappa shape index (κ3) is 3.15. The van der Waals surface area contributed by atoms with Crippen LogP contribution in [-0.2, 0) is 0 Å². The van der Waals surface area contributed by atoms with Crippen LogP contribution in [0, 0.1) is 0 Å². The zero-order valence-corrected chi connectivity index (χ0v) is 33.1. The third-order valence-corrected chi connectivity index (χ3v) is 15.3. The number of fused-ring (bicyclic) bond motifs is 8. The molecule has 0 atom stereocenters. The Balaban J connectivity index is 1.03. The molecule has 0 unspecified atom stereocenters. The van der Waals surface area contributed by atoms with E-state index in [9.17, 15) is 19.2 Å². The predicted molar refractivity (Wildman–Crippen MR) is 252 cm³/mol. The van der Waals surface area contributed by atoms with Gasteiger partial charge in [-0.05, 0) is 154 Å². The Morgan fingerprint density at radius 3 is 0.500 bits per heavy atom. The second kappa shape index (κ2) is 9.86. The van der Waals surface area contributed by atoms with E-state index in [4.69, 9.17) is 0 Å². The van der Waals surface area contributed by atoms with Gasteiger partial charge in [-0.3, -0.25) is 29.0 Å². The van der Waals surface area contributed by atoms with Gasteiger partial charge >= 0.3 is 0 Å². The molecule has 62 heavy (non-hydrogen) atoms. The van der Waals surface area contributed by atoms with Crippen LogP contribution in [-0.4, -0.2) is 47.5 Å². The summed E-state index contributed by atoms with van der Waals surface area (Å²) in [4.78, 5) is 56.0. The van der Waals surface area contributed by atoms with Crippen LogP contribution in [0.2, 0.25) is 0 Å². The number of carbonyl (C=O) groups excluding carboxylic acids is 4. The van der Waals surface area contributed by atoms with Crippen molar-refractivity contribution in [2.24, 2.45) is 0 Å². The molecule has 2 heterocycles. The molecule has 0 N–H and O–H groups in total. The Bertz CT molecular complexity index is 4060. The van der Waals surface area contributed by atoms with Crippen LogP contribution in [0.3, 0.4) is 0 Å². The summed E-state index contributed by atoms with van der Waals surface area (Å²) < 4.78 is 0. The second-order valence-corrected chi connectivity index (χ2v) is 17.7. The summed E-state index contributed by atoms with van der Waals surface area (Å²) in [7, 11) is 3.12. The Morgan fingerprint density at radius 1 is 0.210 bits per heavy atom. The molecule has 6 heteroatoms. The summed E-state index contributed by atoms with van der Waals surface area (Å²) >= 11 is 0. The lowest BCUT2D eigenvalue weighted by atomic mass is 9.79. The summed E-state index contributed by atoms with van der Waals surface area (Å²) in [6.07, 6.45) is 0. The van der Waals surface area contributed by atoms with E-state index < -0.39 is 0 Å². The van der Waals surface area contributed by atoms with Crippen molar-refractivity contribution in [3.05, 3.63) is 144 Å². The van der Waals surface area contributed by atoms with Crippen LogP contribution in [0.4, 0.5) is 0 Å². The van der Waals surface area contributed by atoms with Crippen molar-refractivity contribution >= 4 is 164 Å². The Hall–Kier alpha value is -8.22. The number of benzene rings is 14. The highest BCUT2D eigenvalue weighted by Gasteiger charge is 2.34. The summed E-state index contributed by atoms with van der Waals surface area (Å²) in [6.45, 7) is 0. The molecule has 0 fully saturated rings. The van der Waals surface area contributed by atoms with Crippen molar-refractivity contribution in [2.45, 2.75) is 0 Å². The van der Waals surface area contributed by atoms with Gasteiger partial charge in [-0.1, -0.05) is 97.1 Å². The first-order chi connectivity index (χ1) is 30.3. The van der Waals surface area contributed by atoms with E-state index in [0.29, 0.717) is 22.3 Å². The van der Waals surface area contributed by atoms with Gasteiger partial charge in [0.2, 0.25) is 0 Å². The summed E-state index contributed by atoms with van der Waals surface area (Å²) in [5, 5.41) is 29.1. The Kier molecular flexibility index (Phi) is 5.04. The first-order valence-corrected chi connectivity index (χ1v) is 21.0. The standard InChI is InChI=1S/C56H26N2O4/c1-57-53(59)39-19-15-35-31-11-7-27-23-3-5-25-29-9-13-33-37-17-21-41-52-42(56(62)58(2)55(41)61)22-18-38(50(37)52)34-14-10-30(46(29)48(33)34)26-6-4-24(43(23)44(25)26)28-8-12-32(47(31)45(27)28)36-16-20-40(54(57)60)51(39)49(35)36/h3-22H,1-2H3. The molecule has 6 nitrogen and oxygen atoms in total. The molecule has 284 valence electrons. The average molecular weight is 791 g/mol. The maximum absolute atomic E-state index is 13.4. The van der Waals surface area contributed by atoms with Crippen molar-refractivity contribution < 1.29 is 19.2 Å². The van der Waals surface area contributed by atoms with E-state index in [1.54, 1.807) is 14.1 Å². The highest BCUT2D eigenvalue weighted by atomic mass is 16.2. The van der Waals surface area contributed by atoms with Crippen LogP contribution < -0.4 is 0 Å². The molecule has 4 amide bonds. The number of rotatable bonds is 0. The van der Waals surface area contributed by atoms with Crippen LogP contribution in [0.1, 0.15) is 41.4 Å². The SMILES string of the molecule is CN1C(=O)c2ccc3c4ccc5c6ccc7c8ccc9c%10ccc%11c%12c(ccc(c%13ccc(c%14ccc(c%15ccc(c%16ccc(c2c3%16)C1=O)c4c5%15)c6c7%14)c8c9%13)c%12%10)C(=O)N(C)C%11=O. The van der Waals surface area contributed by atoms with Gasteiger partial charge in [-0.25, -0.2) is 0 Å². The maximum atomic E-state index is 13.4. The van der Waals surface area contributed by atoms with Crippen molar-refractivity contribution in [2.75, 3.05) is 14.1 Å². The maximum Gasteiger partial charge on any atom is 0.261 e. The number of amides is 4. The molecular weight excluding hydrogens is 765 g/mol. The van der Waals surface area contributed by atoms with E-state index in [1.807, 2.05) is 24.3 Å². The molecular formula is C56H26N2O4. The van der Waals surface area contributed by atoms with Gasteiger partial charge in [0, 0.05) is 47.1 Å². The quantitative estimate of drug-likeness (QED) is 0.0871.